The Morgan fingerprint density at radius 3 is 2.71 bits per heavy atom. The molecule has 1 atom stereocenters. The summed E-state index contributed by atoms with van der Waals surface area (Å²) in [6, 6.07) is 13.2. The summed E-state index contributed by atoms with van der Waals surface area (Å²) in [6.45, 7) is 0.390. The van der Waals surface area contributed by atoms with E-state index in [2.05, 4.69) is 5.32 Å². The lowest BCUT2D eigenvalue weighted by Crippen LogP contribution is -2.26. The fourth-order valence-electron chi connectivity index (χ4n) is 1.72. The second-order valence-electron chi connectivity index (χ2n) is 4.41. The van der Waals surface area contributed by atoms with Gasteiger partial charge in [0.05, 0.1) is 6.26 Å². The summed E-state index contributed by atoms with van der Waals surface area (Å²) < 4.78 is 16.9. The number of nitrogens with one attached hydrogen (secondary N) is 1. The lowest BCUT2D eigenvalue weighted by molar-refractivity contribution is -0.116. The van der Waals surface area contributed by atoms with Gasteiger partial charge in [0.2, 0.25) is 5.91 Å². The molecule has 110 valence electrons. The highest BCUT2D eigenvalue weighted by Crippen LogP contribution is 2.03. The Kier molecular flexibility index (Phi) is 5.97. The quantitative estimate of drug-likeness (QED) is 0.799. The van der Waals surface area contributed by atoms with E-state index in [1.807, 2.05) is 30.3 Å². The van der Waals surface area contributed by atoms with Gasteiger partial charge in [0.1, 0.15) is 5.76 Å². The van der Waals surface area contributed by atoms with E-state index in [-0.39, 0.29) is 5.91 Å². The molecule has 4 nitrogen and oxygen atoms in total. The van der Waals surface area contributed by atoms with Gasteiger partial charge in [0.15, 0.2) is 0 Å². The monoisotopic (exact) mass is 303 g/mol. The summed E-state index contributed by atoms with van der Waals surface area (Å²) in [6.07, 6.45) is 4.54. The lowest BCUT2D eigenvalue weighted by Gasteiger charge is -2.03. The van der Waals surface area contributed by atoms with E-state index in [9.17, 15) is 9.00 Å². The van der Waals surface area contributed by atoms with Crippen LogP contribution in [0.25, 0.3) is 6.08 Å². The molecule has 0 bridgehead atoms. The van der Waals surface area contributed by atoms with Crippen molar-refractivity contribution >= 4 is 22.8 Å². The molecule has 0 saturated carbocycles. The second-order valence-corrected chi connectivity index (χ2v) is 5.99. The molecule has 0 fully saturated rings. The molecular weight excluding hydrogens is 286 g/mol. The zero-order chi connectivity index (χ0) is 14.9. The van der Waals surface area contributed by atoms with Crippen LogP contribution < -0.4 is 5.32 Å². The van der Waals surface area contributed by atoms with Crippen molar-refractivity contribution in [1.29, 1.82) is 0 Å². The first-order valence-electron chi connectivity index (χ1n) is 6.62. The first-order chi connectivity index (χ1) is 10.2. The number of furan rings is 1. The summed E-state index contributed by atoms with van der Waals surface area (Å²) in [7, 11) is -0.978. The molecule has 1 amide bonds. The SMILES string of the molecule is O=C(/C=C/c1ccco1)NCCS(=O)Cc1ccccc1. The van der Waals surface area contributed by atoms with E-state index in [0.29, 0.717) is 23.8 Å². The highest BCUT2D eigenvalue weighted by atomic mass is 32.2. The largest absolute Gasteiger partial charge is 0.465 e. The van der Waals surface area contributed by atoms with Crippen molar-refractivity contribution in [2.24, 2.45) is 0 Å². The van der Waals surface area contributed by atoms with E-state index in [4.69, 9.17) is 4.42 Å². The van der Waals surface area contributed by atoms with Gasteiger partial charge < -0.3 is 9.73 Å². The van der Waals surface area contributed by atoms with Crippen molar-refractivity contribution in [2.75, 3.05) is 12.3 Å². The average molecular weight is 303 g/mol. The Bertz CT molecular complexity index is 606. The van der Waals surface area contributed by atoms with Crippen LogP contribution in [0.1, 0.15) is 11.3 Å². The molecule has 1 aromatic heterocycles. The van der Waals surface area contributed by atoms with Crippen LogP contribution in [0, 0.1) is 0 Å². The molecule has 2 rings (SSSR count). The first kappa shape index (κ1) is 15.3. The summed E-state index contributed by atoms with van der Waals surface area (Å²) >= 11 is 0. The highest BCUT2D eigenvalue weighted by Gasteiger charge is 2.02. The second kappa shape index (κ2) is 8.21. The maximum absolute atomic E-state index is 11.9. The third-order valence-electron chi connectivity index (χ3n) is 2.74. The molecule has 1 aromatic carbocycles. The lowest BCUT2D eigenvalue weighted by atomic mass is 10.2. The number of amides is 1. The molecule has 21 heavy (non-hydrogen) atoms. The van der Waals surface area contributed by atoms with E-state index in [0.717, 1.165) is 5.56 Å². The zero-order valence-electron chi connectivity index (χ0n) is 11.5. The summed E-state index contributed by atoms with van der Waals surface area (Å²) in [5.41, 5.74) is 1.04. The first-order valence-corrected chi connectivity index (χ1v) is 8.11. The van der Waals surface area contributed by atoms with Crippen LogP contribution in [0.3, 0.4) is 0 Å². The van der Waals surface area contributed by atoms with Crippen molar-refractivity contribution < 1.29 is 13.4 Å². The number of benzene rings is 1. The van der Waals surface area contributed by atoms with Crippen LogP contribution >= 0.6 is 0 Å². The Hall–Kier alpha value is -2.14. The predicted octanol–water partition coefficient (Wildman–Crippen LogP) is 2.36. The minimum atomic E-state index is -0.978. The topological polar surface area (TPSA) is 59.3 Å². The summed E-state index contributed by atoms with van der Waals surface area (Å²) in [5, 5.41) is 2.70. The molecule has 0 spiro atoms. The van der Waals surface area contributed by atoms with Gasteiger partial charge >= 0.3 is 0 Å². The maximum atomic E-state index is 11.9. The van der Waals surface area contributed by atoms with Crippen molar-refractivity contribution in [2.45, 2.75) is 5.75 Å². The molecule has 0 aliphatic heterocycles. The molecule has 1 N–H and O–H groups in total. The van der Waals surface area contributed by atoms with Crippen molar-refractivity contribution in [3.8, 4) is 0 Å². The number of carbonyl (C=O) groups is 1. The van der Waals surface area contributed by atoms with Crippen molar-refractivity contribution in [3.05, 3.63) is 66.1 Å². The van der Waals surface area contributed by atoms with E-state index >= 15 is 0 Å². The Labute approximate surface area is 126 Å². The highest BCUT2D eigenvalue weighted by molar-refractivity contribution is 7.84. The van der Waals surface area contributed by atoms with Gasteiger partial charge in [-0.2, -0.15) is 0 Å². The van der Waals surface area contributed by atoms with Gasteiger partial charge in [-0.1, -0.05) is 30.3 Å². The van der Waals surface area contributed by atoms with Gasteiger partial charge in [-0.25, -0.2) is 0 Å². The Morgan fingerprint density at radius 2 is 2.00 bits per heavy atom. The number of hydrogen-bond donors (Lipinski definition) is 1. The third-order valence-corrected chi connectivity index (χ3v) is 4.06. The Morgan fingerprint density at radius 1 is 1.19 bits per heavy atom. The summed E-state index contributed by atoms with van der Waals surface area (Å²) in [5.74, 6) is 1.36. The number of hydrogen-bond acceptors (Lipinski definition) is 3. The number of rotatable bonds is 7. The van der Waals surface area contributed by atoms with Gasteiger partial charge in [-0.3, -0.25) is 9.00 Å². The molecule has 0 radical (unpaired) electrons. The summed E-state index contributed by atoms with van der Waals surface area (Å²) in [4.78, 5) is 11.5. The fourth-order valence-corrected chi connectivity index (χ4v) is 2.76. The molecule has 0 saturated heterocycles. The van der Waals surface area contributed by atoms with Gasteiger partial charge in [-0.05, 0) is 23.8 Å². The minimum Gasteiger partial charge on any atom is -0.465 e. The van der Waals surface area contributed by atoms with E-state index in [1.54, 1.807) is 24.5 Å². The van der Waals surface area contributed by atoms with Gasteiger partial charge in [0, 0.05) is 34.9 Å². The molecule has 5 heteroatoms. The molecular formula is C16H17NO3S. The van der Waals surface area contributed by atoms with Crippen LogP contribution in [0.4, 0.5) is 0 Å². The molecule has 1 heterocycles. The van der Waals surface area contributed by atoms with Crippen LogP contribution in [-0.4, -0.2) is 22.4 Å². The van der Waals surface area contributed by atoms with Crippen LogP contribution in [0.2, 0.25) is 0 Å². The molecule has 1 unspecified atom stereocenters. The van der Waals surface area contributed by atoms with Crippen LogP contribution in [0.15, 0.2) is 59.2 Å². The smallest absolute Gasteiger partial charge is 0.244 e. The molecule has 0 aliphatic rings. The maximum Gasteiger partial charge on any atom is 0.244 e. The van der Waals surface area contributed by atoms with Crippen molar-refractivity contribution in [3.63, 3.8) is 0 Å². The predicted molar refractivity (Wildman–Crippen MR) is 83.9 cm³/mol. The Balaban J connectivity index is 1.67. The molecule has 0 aliphatic carbocycles. The van der Waals surface area contributed by atoms with Gasteiger partial charge in [0.25, 0.3) is 0 Å². The zero-order valence-corrected chi connectivity index (χ0v) is 12.3. The fraction of sp³-hybridized carbons (Fsp3) is 0.188. The standard InChI is InChI=1S/C16H17NO3S/c18-16(9-8-15-7-4-11-20-15)17-10-12-21(19)13-14-5-2-1-3-6-14/h1-9,11H,10,12-13H2,(H,17,18)/b9-8+. The normalized spacial score (nSPS) is 12.4. The van der Waals surface area contributed by atoms with Gasteiger partial charge in [-0.15, -0.1) is 0 Å². The van der Waals surface area contributed by atoms with Crippen LogP contribution in [0.5, 0.6) is 0 Å². The average Bonchev–Trinajstić information content (AvgIpc) is 2.99. The minimum absolute atomic E-state index is 0.219. The van der Waals surface area contributed by atoms with E-state index < -0.39 is 10.8 Å². The number of carbonyl (C=O) groups excluding carboxylic acids is 1. The van der Waals surface area contributed by atoms with Crippen LogP contribution in [-0.2, 0) is 21.3 Å². The third kappa shape index (κ3) is 5.79. The van der Waals surface area contributed by atoms with Crippen molar-refractivity contribution in [1.82, 2.24) is 5.32 Å². The molecule has 2 aromatic rings. The van der Waals surface area contributed by atoms with E-state index in [1.165, 1.54) is 6.08 Å².